The summed E-state index contributed by atoms with van der Waals surface area (Å²) in [6.07, 6.45) is 1.74. The van der Waals surface area contributed by atoms with Gasteiger partial charge in [-0.2, -0.15) is 4.98 Å². The van der Waals surface area contributed by atoms with Crippen LogP contribution in [0.25, 0.3) is 0 Å². The maximum atomic E-state index is 12.1. The monoisotopic (exact) mass is 333 g/mol. The summed E-state index contributed by atoms with van der Waals surface area (Å²) in [4.78, 5) is 17.8. The Morgan fingerprint density at radius 2 is 1.96 bits per heavy atom. The van der Waals surface area contributed by atoms with Crippen molar-refractivity contribution in [3.05, 3.63) is 36.0 Å². The van der Waals surface area contributed by atoms with Gasteiger partial charge in [0, 0.05) is 19.9 Å². The highest BCUT2D eigenvalue weighted by Crippen LogP contribution is 2.16. The van der Waals surface area contributed by atoms with E-state index in [9.17, 15) is 4.79 Å². The van der Waals surface area contributed by atoms with Gasteiger partial charge in [-0.05, 0) is 37.6 Å². The van der Waals surface area contributed by atoms with E-state index >= 15 is 0 Å². The molecule has 2 aromatic rings. The van der Waals surface area contributed by atoms with Crippen LogP contribution in [0.1, 0.15) is 24.6 Å². The minimum atomic E-state index is 0.0737. The third-order valence-electron chi connectivity index (χ3n) is 3.53. The third kappa shape index (κ3) is 5.57. The van der Waals surface area contributed by atoms with Crippen molar-refractivity contribution < 1.29 is 18.8 Å². The SMILES string of the molecule is COc1ccc(OCCN(C)C(=O)CCCc2nc(C)no2)cc1. The largest absolute Gasteiger partial charge is 0.497 e. The number of methoxy groups -OCH3 is 1. The number of hydrogen-bond acceptors (Lipinski definition) is 6. The number of likely N-dealkylation sites (N-methyl/N-ethyl adjacent to an activating group) is 1. The molecule has 2 rings (SSSR count). The molecule has 0 aliphatic carbocycles. The summed E-state index contributed by atoms with van der Waals surface area (Å²) in [7, 11) is 3.40. The first-order chi connectivity index (χ1) is 11.6. The molecule has 130 valence electrons. The number of rotatable bonds is 9. The number of aryl methyl sites for hydroxylation is 2. The molecule has 0 aliphatic heterocycles. The van der Waals surface area contributed by atoms with E-state index in [0.717, 1.165) is 11.5 Å². The van der Waals surface area contributed by atoms with Crippen LogP contribution in [-0.4, -0.2) is 48.3 Å². The maximum Gasteiger partial charge on any atom is 0.226 e. The Morgan fingerprint density at radius 3 is 2.58 bits per heavy atom. The van der Waals surface area contributed by atoms with Gasteiger partial charge in [0.15, 0.2) is 5.82 Å². The topological polar surface area (TPSA) is 77.7 Å². The Balaban J connectivity index is 1.63. The molecule has 7 heteroatoms. The number of aromatic nitrogens is 2. The van der Waals surface area contributed by atoms with E-state index in [0.29, 0.717) is 44.1 Å². The van der Waals surface area contributed by atoms with Crippen molar-refractivity contribution in [2.24, 2.45) is 0 Å². The van der Waals surface area contributed by atoms with Gasteiger partial charge in [0.05, 0.1) is 13.7 Å². The molecular formula is C17H23N3O4. The molecular weight excluding hydrogens is 310 g/mol. The summed E-state index contributed by atoms with van der Waals surface area (Å²) in [5.41, 5.74) is 0. The number of ether oxygens (including phenoxy) is 2. The Hall–Kier alpha value is -2.57. The Bertz CT molecular complexity index is 640. The first kappa shape index (κ1) is 17.8. The summed E-state index contributed by atoms with van der Waals surface area (Å²) in [5, 5.41) is 3.72. The molecule has 1 aromatic carbocycles. The van der Waals surface area contributed by atoms with Gasteiger partial charge in [-0.15, -0.1) is 0 Å². The molecule has 7 nitrogen and oxygen atoms in total. The van der Waals surface area contributed by atoms with Crippen LogP contribution in [0.3, 0.4) is 0 Å². The Morgan fingerprint density at radius 1 is 1.25 bits per heavy atom. The molecule has 0 saturated carbocycles. The van der Waals surface area contributed by atoms with Crippen molar-refractivity contribution >= 4 is 5.91 Å². The van der Waals surface area contributed by atoms with E-state index < -0.39 is 0 Å². The molecule has 24 heavy (non-hydrogen) atoms. The van der Waals surface area contributed by atoms with Crippen LogP contribution >= 0.6 is 0 Å². The van der Waals surface area contributed by atoms with Crippen LogP contribution < -0.4 is 9.47 Å². The summed E-state index contributed by atoms with van der Waals surface area (Å²) in [6.45, 7) is 2.75. The highest BCUT2D eigenvalue weighted by Gasteiger charge is 2.10. The number of carbonyl (C=O) groups is 1. The fraction of sp³-hybridized carbons (Fsp3) is 0.471. The zero-order valence-electron chi connectivity index (χ0n) is 14.3. The highest BCUT2D eigenvalue weighted by molar-refractivity contribution is 5.75. The van der Waals surface area contributed by atoms with Crippen molar-refractivity contribution in [1.82, 2.24) is 15.0 Å². The lowest BCUT2D eigenvalue weighted by atomic mass is 10.2. The van der Waals surface area contributed by atoms with Crippen molar-refractivity contribution in [1.29, 1.82) is 0 Å². The molecule has 0 atom stereocenters. The lowest BCUT2D eigenvalue weighted by molar-refractivity contribution is -0.130. The van der Waals surface area contributed by atoms with Gasteiger partial charge in [0.2, 0.25) is 11.8 Å². The van der Waals surface area contributed by atoms with Crippen molar-refractivity contribution in [3.63, 3.8) is 0 Å². The van der Waals surface area contributed by atoms with Crippen molar-refractivity contribution in [3.8, 4) is 11.5 Å². The molecule has 1 amide bonds. The van der Waals surface area contributed by atoms with E-state index in [-0.39, 0.29) is 5.91 Å². The predicted octanol–water partition coefficient (Wildman–Crippen LogP) is 2.25. The van der Waals surface area contributed by atoms with E-state index in [1.54, 1.807) is 26.0 Å². The molecule has 0 bridgehead atoms. The van der Waals surface area contributed by atoms with Crippen LogP contribution in [0.5, 0.6) is 11.5 Å². The Kier molecular flexibility index (Phi) is 6.60. The first-order valence-corrected chi connectivity index (χ1v) is 7.88. The van der Waals surface area contributed by atoms with Gasteiger partial charge in [-0.3, -0.25) is 4.79 Å². The van der Waals surface area contributed by atoms with Crippen LogP contribution in [0.2, 0.25) is 0 Å². The van der Waals surface area contributed by atoms with Gasteiger partial charge < -0.3 is 18.9 Å². The zero-order chi connectivity index (χ0) is 17.4. The number of carbonyl (C=O) groups excluding carboxylic acids is 1. The van der Waals surface area contributed by atoms with Gasteiger partial charge in [-0.1, -0.05) is 5.16 Å². The quantitative estimate of drug-likeness (QED) is 0.700. The molecule has 1 aromatic heterocycles. The molecule has 0 spiro atoms. The second-order valence-electron chi connectivity index (χ2n) is 5.43. The molecule has 0 radical (unpaired) electrons. The summed E-state index contributed by atoms with van der Waals surface area (Å²) < 4.78 is 15.7. The number of benzene rings is 1. The number of nitrogens with zero attached hydrogens (tertiary/aromatic N) is 3. The van der Waals surface area contributed by atoms with Gasteiger partial charge in [-0.25, -0.2) is 0 Å². The molecule has 0 aliphatic rings. The average Bonchev–Trinajstić information content (AvgIpc) is 3.00. The molecule has 0 unspecified atom stereocenters. The zero-order valence-corrected chi connectivity index (χ0v) is 14.3. The van der Waals surface area contributed by atoms with Crippen LogP contribution in [-0.2, 0) is 11.2 Å². The lowest BCUT2D eigenvalue weighted by Crippen LogP contribution is -2.30. The highest BCUT2D eigenvalue weighted by atomic mass is 16.5. The smallest absolute Gasteiger partial charge is 0.226 e. The van der Waals surface area contributed by atoms with E-state index in [1.807, 2.05) is 24.3 Å². The van der Waals surface area contributed by atoms with Crippen molar-refractivity contribution in [2.45, 2.75) is 26.2 Å². The second-order valence-corrected chi connectivity index (χ2v) is 5.43. The molecule has 1 heterocycles. The number of amides is 1. The summed E-state index contributed by atoms with van der Waals surface area (Å²) in [5.74, 6) is 2.80. The standard InChI is InChI=1S/C17H23N3O4/c1-13-18-16(24-19-13)5-4-6-17(21)20(2)11-12-23-15-9-7-14(22-3)8-10-15/h7-10H,4-6,11-12H2,1-3H3. The first-order valence-electron chi connectivity index (χ1n) is 7.88. The molecule has 0 fully saturated rings. The number of hydrogen-bond donors (Lipinski definition) is 0. The molecule has 0 saturated heterocycles. The van der Waals surface area contributed by atoms with Gasteiger partial charge in [0.25, 0.3) is 0 Å². The minimum absolute atomic E-state index is 0.0737. The normalized spacial score (nSPS) is 10.5. The minimum Gasteiger partial charge on any atom is -0.497 e. The Labute approximate surface area is 141 Å². The maximum absolute atomic E-state index is 12.1. The third-order valence-corrected chi connectivity index (χ3v) is 3.53. The summed E-state index contributed by atoms with van der Waals surface area (Å²) in [6, 6.07) is 7.35. The van der Waals surface area contributed by atoms with E-state index in [4.69, 9.17) is 14.0 Å². The fourth-order valence-corrected chi connectivity index (χ4v) is 2.12. The van der Waals surface area contributed by atoms with Gasteiger partial charge in [0.1, 0.15) is 18.1 Å². The van der Waals surface area contributed by atoms with Crippen LogP contribution in [0.15, 0.2) is 28.8 Å². The van der Waals surface area contributed by atoms with Gasteiger partial charge >= 0.3 is 0 Å². The lowest BCUT2D eigenvalue weighted by Gasteiger charge is -2.17. The fourth-order valence-electron chi connectivity index (χ4n) is 2.12. The van der Waals surface area contributed by atoms with E-state index in [2.05, 4.69) is 10.1 Å². The van der Waals surface area contributed by atoms with E-state index in [1.165, 1.54) is 0 Å². The van der Waals surface area contributed by atoms with Crippen molar-refractivity contribution in [2.75, 3.05) is 27.3 Å². The predicted molar refractivity (Wildman–Crippen MR) is 88.1 cm³/mol. The summed E-state index contributed by atoms with van der Waals surface area (Å²) >= 11 is 0. The average molecular weight is 333 g/mol. The second kappa shape index (κ2) is 8.90. The molecule has 0 N–H and O–H groups in total. The van der Waals surface area contributed by atoms with Crippen LogP contribution in [0.4, 0.5) is 0 Å². The van der Waals surface area contributed by atoms with Crippen LogP contribution in [0, 0.1) is 6.92 Å².